The Morgan fingerprint density at radius 2 is 1.94 bits per heavy atom. The van der Waals surface area contributed by atoms with Gasteiger partial charge in [-0.2, -0.15) is 0 Å². The molecule has 2 heterocycles. The number of para-hydroxylation sites is 1. The van der Waals surface area contributed by atoms with Crippen molar-refractivity contribution in [2.24, 2.45) is 33.7 Å². The van der Waals surface area contributed by atoms with Crippen LogP contribution in [0.5, 0.6) is 0 Å². The van der Waals surface area contributed by atoms with E-state index in [4.69, 9.17) is 9.98 Å². The third kappa shape index (κ3) is 4.67. The fourth-order valence-corrected chi connectivity index (χ4v) is 5.23. The predicted octanol–water partition coefficient (Wildman–Crippen LogP) is 6.99. The van der Waals surface area contributed by atoms with Gasteiger partial charge in [0.2, 0.25) is 0 Å². The number of anilines is 1. The quantitative estimate of drug-likeness (QED) is 0.503. The highest BCUT2D eigenvalue weighted by Gasteiger charge is 2.29. The van der Waals surface area contributed by atoms with Crippen LogP contribution in [-0.4, -0.2) is 24.0 Å². The van der Waals surface area contributed by atoms with Crippen LogP contribution < -0.4 is 5.32 Å². The van der Waals surface area contributed by atoms with Gasteiger partial charge in [0, 0.05) is 35.3 Å². The number of benzene rings is 1. The van der Waals surface area contributed by atoms with Crippen LogP contribution in [0.2, 0.25) is 0 Å². The average Bonchev–Trinajstić information content (AvgIpc) is 2.77. The monoisotopic (exact) mass is 429 g/mol. The van der Waals surface area contributed by atoms with Gasteiger partial charge >= 0.3 is 0 Å². The number of hydrogen-bond acceptors (Lipinski definition) is 3. The van der Waals surface area contributed by atoms with Gasteiger partial charge in [0.25, 0.3) is 0 Å². The van der Waals surface area contributed by atoms with Crippen LogP contribution in [-0.2, 0) is 6.42 Å². The van der Waals surface area contributed by atoms with Crippen LogP contribution in [0.1, 0.15) is 65.1 Å². The largest absolute Gasteiger partial charge is 0.382 e. The van der Waals surface area contributed by atoms with Gasteiger partial charge in [-0.1, -0.05) is 77.1 Å². The van der Waals surface area contributed by atoms with E-state index in [-0.39, 0.29) is 12.1 Å². The van der Waals surface area contributed by atoms with Crippen molar-refractivity contribution in [1.82, 2.24) is 0 Å². The van der Waals surface area contributed by atoms with E-state index in [1.807, 2.05) is 6.21 Å². The van der Waals surface area contributed by atoms with Crippen LogP contribution in [0.3, 0.4) is 0 Å². The summed E-state index contributed by atoms with van der Waals surface area (Å²) < 4.78 is 0. The predicted molar refractivity (Wildman–Crippen MR) is 139 cm³/mol. The van der Waals surface area contributed by atoms with Crippen LogP contribution in [0, 0.1) is 23.7 Å². The highest BCUT2D eigenvalue weighted by Crippen LogP contribution is 2.39. The second-order valence-corrected chi connectivity index (χ2v) is 10.4. The number of nitrogens with one attached hydrogen (secondary N) is 1. The summed E-state index contributed by atoms with van der Waals surface area (Å²) in [5.41, 5.74) is 6.45. The highest BCUT2D eigenvalue weighted by molar-refractivity contribution is 6.36. The molecule has 0 saturated heterocycles. The first kappa shape index (κ1) is 22.8. The molecule has 2 aliphatic heterocycles. The fraction of sp³-hybridized carbons (Fsp3) is 0.517. The van der Waals surface area contributed by atoms with Crippen LogP contribution >= 0.6 is 0 Å². The van der Waals surface area contributed by atoms with Crippen molar-refractivity contribution in [3.8, 4) is 0 Å². The number of allylic oxidation sites excluding steroid dienone is 3. The van der Waals surface area contributed by atoms with E-state index >= 15 is 0 Å². The second kappa shape index (κ2) is 9.60. The molecule has 0 amide bonds. The minimum absolute atomic E-state index is 0.126. The lowest BCUT2D eigenvalue weighted by Gasteiger charge is -2.32. The molecule has 0 fully saturated rings. The van der Waals surface area contributed by atoms with Crippen molar-refractivity contribution in [1.29, 1.82) is 0 Å². The standard InChI is InChI=1S/C29H39N3/c1-18(2)24-10-8-11-25(19(3)4)29(24)30-17-23-16-13-20(5)27(32-23)26-12-7-9-22-15-14-21(6)31-28(22)26/h7-13,16-21,24,27,29,31H,14-15H2,1-6H3/b30-17+/t20?,21?,24?,27?,29-/m1/s1. The molecule has 4 rings (SSSR count). The zero-order valence-electron chi connectivity index (χ0n) is 20.5. The molecule has 32 heavy (non-hydrogen) atoms. The average molecular weight is 430 g/mol. The van der Waals surface area contributed by atoms with E-state index in [2.05, 4.69) is 95.4 Å². The number of aryl methyl sites for hydroxylation is 1. The van der Waals surface area contributed by atoms with Crippen molar-refractivity contribution in [3.05, 3.63) is 65.3 Å². The minimum atomic E-state index is 0.126. The summed E-state index contributed by atoms with van der Waals surface area (Å²) in [4.78, 5) is 10.3. The van der Waals surface area contributed by atoms with Gasteiger partial charge in [-0.05, 0) is 48.8 Å². The van der Waals surface area contributed by atoms with Crippen LogP contribution in [0.4, 0.5) is 5.69 Å². The second-order valence-electron chi connectivity index (χ2n) is 10.4. The van der Waals surface area contributed by atoms with Gasteiger partial charge in [0.15, 0.2) is 0 Å². The molecule has 1 N–H and O–H groups in total. The zero-order valence-corrected chi connectivity index (χ0v) is 20.5. The first-order chi connectivity index (χ1) is 15.3. The molecule has 0 bridgehead atoms. The molecule has 3 nitrogen and oxygen atoms in total. The first-order valence-corrected chi connectivity index (χ1v) is 12.4. The van der Waals surface area contributed by atoms with Crippen molar-refractivity contribution < 1.29 is 0 Å². The number of dihydropyridines is 1. The lowest BCUT2D eigenvalue weighted by molar-refractivity contribution is 0.398. The molecule has 0 aromatic heterocycles. The van der Waals surface area contributed by atoms with E-state index in [1.165, 1.54) is 28.8 Å². The summed E-state index contributed by atoms with van der Waals surface area (Å²) in [6, 6.07) is 7.54. The van der Waals surface area contributed by atoms with E-state index in [0.29, 0.717) is 29.7 Å². The molecule has 3 heteroatoms. The number of rotatable bonds is 5. The first-order valence-electron chi connectivity index (χ1n) is 12.4. The number of hydrogen-bond donors (Lipinski definition) is 1. The Balaban J connectivity index is 1.63. The van der Waals surface area contributed by atoms with Crippen molar-refractivity contribution in [2.45, 2.75) is 72.5 Å². The van der Waals surface area contributed by atoms with E-state index in [0.717, 1.165) is 12.1 Å². The molecule has 0 radical (unpaired) electrons. The summed E-state index contributed by atoms with van der Waals surface area (Å²) in [6.07, 6.45) is 15.6. The maximum absolute atomic E-state index is 5.19. The van der Waals surface area contributed by atoms with Crippen molar-refractivity contribution in [2.75, 3.05) is 5.32 Å². The number of fused-ring (bicyclic) bond motifs is 1. The molecule has 4 unspecified atom stereocenters. The normalized spacial score (nSPS) is 29.8. The van der Waals surface area contributed by atoms with Crippen LogP contribution in [0.25, 0.3) is 0 Å². The topological polar surface area (TPSA) is 36.8 Å². The molecule has 1 aromatic rings. The van der Waals surface area contributed by atoms with Crippen LogP contribution in [0.15, 0.2) is 64.1 Å². The molecular formula is C29H39N3. The Bertz CT molecular complexity index is 976. The van der Waals surface area contributed by atoms with Gasteiger partial charge in [0.05, 0.1) is 17.8 Å². The van der Waals surface area contributed by atoms with Crippen molar-refractivity contribution in [3.63, 3.8) is 0 Å². The molecule has 3 aliphatic rings. The van der Waals surface area contributed by atoms with Gasteiger partial charge in [-0.25, -0.2) is 0 Å². The lowest BCUT2D eigenvalue weighted by atomic mass is 9.78. The number of nitrogens with zero attached hydrogens (tertiary/aromatic N) is 2. The highest BCUT2D eigenvalue weighted by atomic mass is 14.9. The molecule has 1 aromatic carbocycles. The summed E-state index contributed by atoms with van der Waals surface area (Å²) in [5, 5.41) is 3.74. The Hall–Kier alpha value is -2.42. The maximum atomic E-state index is 5.19. The Labute approximate surface area is 194 Å². The molecule has 5 atom stereocenters. The zero-order chi connectivity index (χ0) is 22.8. The van der Waals surface area contributed by atoms with Gasteiger partial charge in [0.1, 0.15) is 0 Å². The summed E-state index contributed by atoms with van der Waals surface area (Å²) in [5.74, 6) is 1.84. The Morgan fingerprint density at radius 1 is 1.12 bits per heavy atom. The Kier molecular flexibility index (Phi) is 6.83. The van der Waals surface area contributed by atoms with Crippen molar-refractivity contribution >= 4 is 17.6 Å². The summed E-state index contributed by atoms with van der Waals surface area (Å²) in [6.45, 7) is 13.7. The van der Waals surface area contributed by atoms with Gasteiger partial charge < -0.3 is 5.32 Å². The molecule has 0 spiro atoms. The Morgan fingerprint density at radius 3 is 2.69 bits per heavy atom. The van der Waals surface area contributed by atoms with E-state index < -0.39 is 0 Å². The maximum Gasteiger partial charge on any atom is 0.0836 e. The SMILES string of the molecule is CC1CCc2cccc(C3N=C(/C=N/[C@H]4C(C(C)C)=CC=CC4C(C)C)C=CC3C)c2N1. The molecule has 170 valence electrons. The van der Waals surface area contributed by atoms with E-state index in [1.54, 1.807) is 0 Å². The smallest absolute Gasteiger partial charge is 0.0836 e. The third-order valence-electron chi connectivity index (χ3n) is 7.23. The summed E-state index contributed by atoms with van der Waals surface area (Å²) >= 11 is 0. The molecule has 1 aliphatic carbocycles. The van der Waals surface area contributed by atoms with Gasteiger partial charge in [-0.15, -0.1) is 0 Å². The van der Waals surface area contributed by atoms with Gasteiger partial charge in [-0.3, -0.25) is 9.98 Å². The minimum Gasteiger partial charge on any atom is -0.382 e. The number of aliphatic imine (C=N–C) groups is 2. The molecule has 0 saturated carbocycles. The molecular weight excluding hydrogens is 390 g/mol. The third-order valence-corrected chi connectivity index (χ3v) is 7.23. The summed E-state index contributed by atoms with van der Waals surface area (Å²) in [7, 11) is 0. The van der Waals surface area contributed by atoms with E-state index in [9.17, 15) is 0 Å². The lowest BCUT2D eigenvalue weighted by Crippen LogP contribution is -2.29. The fourth-order valence-electron chi connectivity index (χ4n) is 5.23.